The van der Waals surface area contributed by atoms with Crippen molar-refractivity contribution in [1.82, 2.24) is 30.4 Å². The van der Waals surface area contributed by atoms with E-state index in [0.29, 0.717) is 30.4 Å². The van der Waals surface area contributed by atoms with E-state index < -0.39 is 11.6 Å². The van der Waals surface area contributed by atoms with Crippen LogP contribution in [0.2, 0.25) is 0 Å². The fourth-order valence-corrected chi connectivity index (χ4v) is 5.14. The minimum atomic E-state index is -0.580. The number of rotatable bonds is 7. The van der Waals surface area contributed by atoms with Gasteiger partial charge < -0.3 is 15.0 Å². The van der Waals surface area contributed by atoms with Crippen molar-refractivity contribution in [3.05, 3.63) is 65.0 Å². The van der Waals surface area contributed by atoms with Gasteiger partial charge in [0.15, 0.2) is 5.82 Å². The van der Waals surface area contributed by atoms with Crippen molar-refractivity contribution in [3.8, 4) is 17.3 Å². The summed E-state index contributed by atoms with van der Waals surface area (Å²) in [7, 11) is 0. The van der Waals surface area contributed by atoms with Crippen molar-refractivity contribution in [2.75, 3.05) is 19.7 Å². The molecule has 1 atom stereocenters. The number of nitrogens with zero attached hydrogens (tertiary/aromatic N) is 3. The molecule has 2 aliphatic heterocycles. The number of hydrogen-bond donors (Lipinski definition) is 3. The Morgan fingerprint density at radius 2 is 1.94 bits per heavy atom. The Morgan fingerprint density at radius 1 is 1.06 bits per heavy atom. The highest BCUT2D eigenvalue weighted by atomic mass is 19.1. The lowest BCUT2D eigenvalue weighted by molar-refractivity contribution is 0.226. The van der Waals surface area contributed by atoms with Crippen LogP contribution in [-0.4, -0.2) is 50.8 Å². The molecular formula is C26H28F2N6O. The van der Waals surface area contributed by atoms with Crippen molar-refractivity contribution < 1.29 is 13.5 Å². The first-order valence-electron chi connectivity index (χ1n) is 12.2. The molecule has 0 spiro atoms. The third-order valence-corrected chi connectivity index (χ3v) is 6.85. The molecule has 1 saturated heterocycles. The SMILES string of the molecule is Fc1cc(F)cc(CCOc2ccc3[nH]nc(-c4nc5c([nH]4)CN(CC4CCCCN4)C5)c3c2)c1. The fraction of sp³-hybridized carbons (Fsp3) is 0.385. The number of aromatic amines is 2. The summed E-state index contributed by atoms with van der Waals surface area (Å²) in [4.78, 5) is 10.8. The summed E-state index contributed by atoms with van der Waals surface area (Å²) >= 11 is 0. The van der Waals surface area contributed by atoms with Gasteiger partial charge in [-0.3, -0.25) is 10.00 Å². The predicted octanol–water partition coefficient (Wildman–Crippen LogP) is 4.31. The molecule has 0 amide bonds. The van der Waals surface area contributed by atoms with Gasteiger partial charge in [0.2, 0.25) is 0 Å². The Hall–Kier alpha value is -3.30. The molecule has 0 saturated carbocycles. The monoisotopic (exact) mass is 478 g/mol. The minimum Gasteiger partial charge on any atom is -0.493 e. The van der Waals surface area contributed by atoms with Gasteiger partial charge in [-0.25, -0.2) is 13.8 Å². The lowest BCUT2D eigenvalue weighted by atomic mass is 10.0. The maximum Gasteiger partial charge on any atom is 0.159 e. The molecule has 0 bridgehead atoms. The van der Waals surface area contributed by atoms with E-state index in [-0.39, 0.29) is 0 Å². The Bertz CT molecular complexity index is 1300. The molecule has 3 N–H and O–H groups in total. The highest BCUT2D eigenvalue weighted by Crippen LogP contribution is 2.31. The average Bonchev–Trinajstić information content (AvgIpc) is 3.52. The minimum absolute atomic E-state index is 0.308. The van der Waals surface area contributed by atoms with Crippen LogP contribution in [0.1, 0.15) is 36.2 Å². The number of benzene rings is 2. The van der Waals surface area contributed by atoms with E-state index in [1.54, 1.807) is 0 Å². The number of piperidine rings is 1. The second-order valence-electron chi connectivity index (χ2n) is 9.48. The third kappa shape index (κ3) is 4.78. The summed E-state index contributed by atoms with van der Waals surface area (Å²) in [5.74, 6) is 0.263. The molecule has 2 aromatic heterocycles. The van der Waals surface area contributed by atoms with Crippen LogP contribution in [-0.2, 0) is 19.5 Å². The summed E-state index contributed by atoms with van der Waals surface area (Å²) in [5.41, 5.74) is 4.45. The van der Waals surface area contributed by atoms with Crippen LogP contribution >= 0.6 is 0 Å². The second-order valence-corrected chi connectivity index (χ2v) is 9.48. The maximum absolute atomic E-state index is 13.4. The first-order chi connectivity index (χ1) is 17.1. The number of fused-ring (bicyclic) bond motifs is 2. The number of ether oxygens (including phenoxy) is 1. The zero-order chi connectivity index (χ0) is 23.8. The zero-order valence-corrected chi connectivity index (χ0v) is 19.4. The van der Waals surface area contributed by atoms with Gasteiger partial charge in [0.1, 0.15) is 23.1 Å². The first-order valence-corrected chi connectivity index (χ1v) is 12.2. The van der Waals surface area contributed by atoms with Crippen molar-refractivity contribution in [1.29, 1.82) is 0 Å². The number of halogens is 2. The molecule has 0 radical (unpaired) electrons. The number of nitrogens with one attached hydrogen (secondary N) is 3. The summed E-state index contributed by atoms with van der Waals surface area (Å²) in [5, 5.41) is 12.1. The fourth-order valence-electron chi connectivity index (χ4n) is 5.14. The predicted molar refractivity (Wildman–Crippen MR) is 129 cm³/mol. The molecule has 0 aliphatic carbocycles. The van der Waals surface area contributed by atoms with Gasteiger partial charge in [0.05, 0.1) is 23.5 Å². The third-order valence-electron chi connectivity index (χ3n) is 6.85. The molecule has 2 aromatic carbocycles. The number of hydrogen-bond acceptors (Lipinski definition) is 5. The van der Waals surface area contributed by atoms with Gasteiger partial charge in [-0.2, -0.15) is 5.10 Å². The van der Waals surface area contributed by atoms with Crippen molar-refractivity contribution in [2.45, 2.75) is 44.8 Å². The zero-order valence-electron chi connectivity index (χ0n) is 19.4. The standard InChI is InChI=1S/C26H28F2N6O/c27-17-9-16(10-18(28)11-17)6-8-35-20-4-5-22-21(12-20)25(33-32-22)26-30-23-14-34(15-24(23)31-26)13-19-3-1-2-7-29-19/h4-5,9-12,19,29H,1-3,6-8,13-15H2,(H,30,31)(H,32,33). The summed E-state index contributed by atoms with van der Waals surface area (Å²) in [6.07, 6.45) is 4.23. The number of H-pyrrole nitrogens is 2. The molecule has 7 nitrogen and oxygen atoms in total. The molecule has 182 valence electrons. The molecular weight excluding hydrogens is 450 g/mol. The van der Waals surface area contributed by atoms with Gasteiger partial charge in [0, 0.05) is 43.5 Å². The highest BCUT2D eigenvalue weighted by molar-refractivity contribution is 5.92. The molecule has 9 heteroatoms. The van der Waals surface area contributed by atoms with Crippen LogP contribution in [0.4, 0.5) is 8.78 Å². The van der Waals surface area contributed by atoms with Crippen molar-refractivity contribution >= 4 is 10.9 Å². The van der Waals surface area contributed by atoms with Crippen LogP contribution < -0.4 is 10.1 Å². The van der Waals surface area contributed by atoms with Crippen LogP contribution in [0.15, 0.2) is 36.4 Å². The molecule has 4 heterocycles. The first kappa shape index (κ1) is 22.2. The van der Waals surface area contributed by atoms with Crippen LogP contribution in [0.5, 0.6) is 5.75 Å². The van der Waals surface area contributed by atoms with Crippen molar-refractivity contribution in [3.63, 3.8) is 0 Å². The lowest BCUT2D eigenvalue weighted by Gasteiger charge is -2.27. The molecule has 4 aromatic rings. The smallest absolute Gasteiger partial charge is 0.159 e. The van der Waals surface area contributed by atoms with Crippen LogP contribution in [0, 0.1) is 11.6 Å². The molecule has 6 rings (SSSR count). The van der Waals surface area contributed by atoms with E-state index in [0.717, 1.165) is 66.1 Å². The van der Waals surface area contributed by atoms with Crippen LogP contribution in [0.25, 0.3) is 22.4 Å². The number of imidazole rings is 1. The van der Waals surface area contributed by atoms with Gasteiger partial charge >= 0.3 is 0 Å². The van der Waals surface area contributed by atoms with E-state index >= 15 is 0 Å². The molecule has 35 heavy (non-hydrogen) atoms. The van der Waals surface area contributed by atoms with E-state index in [9.17, 15) is 8.78 Å². The van der Waals surface area contributed by atoms with E-state index in [1.807, 2.05) is 18.2 Å². The highest BCUT2D eigenvalue weighted by Gasteiger charge is 2.27. The van der Waals surface area contributed by atoms with E-state index in [1.165, 1.54) is 31.4 Å². The van der Waals surface area contributed by atoms with Gasteiger partial charge in [-0.05, 0) is 55.3 Å². The Kier molecular flexibility index (Phi) is 5.95. The summed E-state index contributed by atoms with van der Waals surface area (Å²) in [6.45, 7) is 4.20. The Labute approximate surface area is 201 Å². The lowest BCUT2D eigenvalue weighted by Crippen LogP contribution is -2.42. The van der Waals surface area contributed by atoms with Crippen molar-refractivity contribution in [2.24, 2.45) is 0 Å². The molecule has 2 aliphatic rings. The maximum atomic E-state index is 13.4. The Morgan fingerprint density at radius 3 is 2.74 bits per heavy atom. The van der Waals surface area contributed by atoms with Crippen LogP contribution in [0.3, 0.4) is 0 Å². The van der Waals surface area contributed by atoms with Gasteiger partial charge in [-0.1, -0.05) is 6.42 Å². The second kappa shape index (κ2) is 9.39. The van der Waals surface area contributed by atoms with E-state index in [2.05, 4.69) is 25.4 Å². The molecule has 1 fully saturated rings. The Balaban J connectivity index is 1.13. The number of aromatic nitrogens is 4. The average molecular weight is 479 g/mol. The normalized spacial score (nSPS) is 18.3. The largest absolute Gasteiger partial charge is 0.493 e. The topological polar surface area (TPSA) is 81.9 Å². The summed E-state index contributed by atoms with van der Waals surface area (Å²) in [6, 6.07) is 9.79. The summed E-state index contributed by atoms with van der Waals surface area (Å²) < 4.78 is 32.7. The quantitative estimate of drug-likeness (QED) is 0.369. The van der Waals surface area contributed by atoms with E-state index in [4.69, 9.17) is 9.72 Å². The molecule has 1 unspecified atom stereocenters. The van der Waals surface area contributed by atoms with Gasteiger partial charge in [-0.15, -0.1) is 0 Å². The van der Waals surface area contributed by atoms with Gasteiger partial charge in [0.25, 0.3) is 0 Å².